The molecule has 1 N–H and O–H groups in total. The molecule has 2 aromatic carbocycles. The normalized spacial score (nSPS) is 21.0. The molecule has 0 bridgehead atoms. The van der Waals surface area contributed by atoms with Crippen molar-refractivity contribution in [1.29, 1.82) is 0 Å². The number of rotatable bonds is 3. The number of hydrogen-bond acceptors (Lipinski definition) is 9. The highest BCUT2D eigenvalue weighted by atomic mass is 35.5. The SMILES string of the molecule is C[C@@H]1CN2c3c4c(nc5c(F)c(-c6c(O)cccc6Cl)c(Cl)cc35)O[C@H](CN(C)C)CN4C(=C=O)[C@H]2CN1C(=O)OC(C)(C)C. The van der Waals surface area contributed by atoms with E-state index in [0.717, 1.165) is 0 Å². The van der Waals surface area contributed by atoms with Gasteiger partial charge in [0.25, 0.3) is 0 Å². The van der Waals surface area contributed by atoms with E-state index in [0.29, 0.717) is 42.1 Å². The lowest BCUT2D eigenvalue weighted by atomic mass is 9.94. The molecule has 0 aliphatic carbocycles. The number of amides is 1. The van der Waals surface area contributed by atoms with Gasteiger partial charge < -0.3 is 34.2 Å². The van der Waals surface area contributed by atoms with Gasteiger partial charge in [-0.2, -0.15) is 0 Å². The predicted molar refractivity (Wildman–Crippen MR) is 172 cm³/mol. The van der Waals surface area contributed by atoms with Gasteiger partial charge in [-0.25, -0.2) is 19.0 Å². The average molecular weight is 659 g/mol. The number of nitrogens with zero attached hydrogens (tertiary/aromatic N) is 5. The maximum Gasteiger partial charge on any atom is 0.410 e. The lowest BCUT2D eigenvalue weighted by Crippen LogP contribution is -2.64. The third-order valence-electron chi connectivity index (χ3n) is 8.20. The van der Waals surface area contributed by atoms with Gasteiger partial charge in [-0.3, -0.25) is 0 Å². The first-order chi connectivity index (χ1) is 21.2. The highest BCUT2D eigenvalue weighted by molar-refractivity contribution is 6.37. The minimum Gasteiger partial charge on any atom is -0.507 e. The molecule has 0 spiro atoms. The van der Waals surface area contributed by atoms with Crippen LogP contribution in [-0.4, -0.2) is 96.0 Å². The Hall–Kier alpha value is -3.76. The van der Waals surface area contributed by atoms with Crippen molar-refractivity contribution in [3.63, 3.8) is 0 Å². The van der Waals surface area contributed by atoms with Crippen LogP contribution in [-0.2, 0) is 9.53 Å². The van der Waals surface area contributed by atoms with Crippen LogP contribution < -0.4 is 14.5 Å². The van der Waals surface area contributed by atoms with Crippen molar-refractivity contribution in [2.24, 2.45) is 0 Å². The fraction of sp³-hybridized carbons (Fsp3) is 0.438. The molecular formula is C32H34Cl2FN5O5. The number of phenolic OH excluding ortho intramolecular Hbond substituents is 1. The Bertz CT molecular complexity index is 1750. The molecular weight excluding hydrogens is 624 g/mol. The Morgan fingerprint density at radius 1 is 1.18 bits per heavy atom. The van der Waals surface area contributed by atoms with E-state index in [1.807, 2.05) is 35.7 Å². The van der Waals surface area contributed by atoms with Crippen LogP contribution in [0.2, 0.25) is 10.0 Å². The third-order valence-corrected chi connectivity index (χ3v) is 8.81. The molecule has 3 aliphatic rings. The summed E-state index contributed by atoms with van der Waals surface area (Å²) in [6, 6.07) is 5.14. The second-order valence-electron chi connectivity index (χ2n) is 12.9. The first-order valence-corrected chi connectivity index (χ1v) is 15.4. The number of piperazine rings is 1. The average Bonchev–Trinajstić information content (AvgIpc) is 2.93. The van der Waals surface area contributed by atoms with Gasteiger partial charge >= 0.3 is 6.09 Å². The second kappa shape index (κ2) is 11.2. The minimum absolute atomic E-state index is 0.0175. The van der Waals surface area contributed by atoms with Gasteiger partial charge in [0.15, 0.2) is 5.82 Å². The van der Waals surface area contributed by atoms with Crippen LogP contribution >= 0.6 is 23.2 Å². The number of aromatic nitrogens is 1. The van der Waals surface area contributed by atoms with E-state index >= 15 is 4.39 Å². The van der Waals surface area contributed by atoms with Crippen molar-refractivity contribution < 1.29 is 28.6 Å². The maximum absolute atomic E-state index is 16.7. The van der Waals surface area contributed by atoms with E-state index in [1.54, 1.807) is 37.8 Å². The molecule has 3 atom stereocenters. The predicted octanol–water partition coefficient (Wildman–Crippen LogP) is 5.73. The number of carbonyl (C=O) groups is 1. The smallest absolute Gasteiger partial charge is 0.410 e. The Morgan fingerprint density at radius 3 is 2.56 bits per heavy atom. The largest absolute Gasteiger partial charge is 0.507 e. The number of ether oxygens (including phenoxy) is 2. The Balaban J connectivity index is 1.59. The zero-order valence-corrected chi connectivity index (χ0v) is 27.3. The van der Waals surface area contributed by atoms with Gasteiger partial charge in [0.05, 0.1) is 34.9 Å². The van der Waals surface area contributed by atoms with E-state index in [9.17, 15) is 14.7 Å². The number of pyridine rings is 1. The summed E-state index contributed by atoms with van der Waals surface area (Å²) in [5.41, 5.74) is 0.622. The van der Waals surface area contributed by atoms with Crippen molar-refractivity contribution in [1.82, 2.24) is 14.8 Å². The topological polar surface area (TPSA) is 98.7 Å². The minimum atomic E-state index is -0.779. The lowest BCUT2D eigenvalue weighted by Gasteiger charge is -2.53. The monoisotopic (exact) mass is 657 g/mol. The number of anilines is 2. The first-order valence-electron chi connectivity index (χ1n) is 14.6. The van der Waals surface area contributed by atoms with E-state index in [4.69, 9.17) is 32.7 Å². The number of aromatic hydroxyl groups is 1. The summed E-state index contributed by atoms with van der Waals surface area (Å²) in [6.45, 7) is 8.52. The molecule has 238 valence electrons. The van der Waals surface area contributed by atoms with E-state index in [2.05, 4.69) is 10.9 Å². The zero-order chi connectivity index (χ0) is 32.5. The summed E-state index contributed by atoms with van der Waals surface area (Å²) in [5, 5.41) is 11.2. The summed E-state index contributed by atoms with van der Waals surface area (Å²) in [6.07, 6.45) is -0.913. The standard InChI is InChI=1S/C32H34Cl2FN5O5/c1-16-11-39-21(14-38(16)31(43)45-32(2,3)4)22(15-41)40-13-17(12-37(5)6)44-30-29(40)28(39)18-10-20(34)25(26(35)27(18)36-30)24-19(33)8-7-9-23(24)42/h7-10,16-17,21,42H,11-14H2,1-6H3/t16-,17-,21-/m1/s1. The highest BCUT2D eigenvalue weighted by Gasteiger charge is 2.48. The fourth-order valence-corrected chi connectivity index (χ4v) is 6.98. The molecule has 1 amide bonds. The van der Waals surface area contributed by atoms with Crippen molar-refractivity contribution >= 4 is 57.5 Å². The molecule has 3 aromatic rings. The van der Waals surface area contributed by atoms with Gasteiger partial charge in [-0.15, -0.1) is 0 Å². The molecule has 45 heavy (non-hydrogen) atoms. The van der Waals surface area contributed by atoms with Gasteiger partial charge in [-0.1, -0.05) is 29.3 Å². The molecule has 1 fully saturated rings. The van der Waals surface area contributed by atoms with Crippen molar-refractivity contribution in [2.45, 2.75) is 51.5 Å². The highest BCUT2D eigenvalue weighted by Crippen LogP contribution is 2.54. The summed E-state index contributed by atoms with van der Waals surface area (Å²) < 4.78 is 28.8. The molecule has 10 nitrogen and oxygen atoms in total. The molecule has 6 rings (SSSR count). The molecule has 0 saturated carbocycles. The molecule has 1 saturated heterocycles. The number of carbonyl (C=O) groups excluding carboxylic acids is 2. The molecule has 3 aliphatic heterocycles. The number of likely N-dealkylation sites (N-methyl/N-ethyl adjacent to an activating group) is 1. The first kappa shape index (κ1) is 31.2. The van der Waals surface area contributed by atoms with Crippen LogP contribution in [0, 0.1) is 5.82 Å². The number of fused-ring (bicyclic) bond motifs is 4. The molecule has 13 heteroatoms. The van der Waals surface area contributed by atoms with E-state index in [-0.39, 0.29) is 50.9 Å². The molecule has 0 radical (unpaired) electrons. The lowest BCUT2D eigenvalue weighted by molar-refractivity contribution is 0.0133. The van der Waals surface area contributed by atoms with Crippen LogP contribution in [0.15, 0.2) is 30.0 Å². The Kier molecular flexibility index (Phi) is 7.80. The summed E-state index contributed by atoms with van der Waals surface area (Å²) in [5.74, 6) is 1.29. The van der Waals surface area contributed by atoms with Crippen molar-refractivity contribution in [3.05, 3.63) is 45.8 Å². The van der Waals surface area contributed by atoms with Crippen LogP contribution in [0.4, 0.5) is 20.6 Å². The van der Waals surface area contributed by atoms with Gasteiger partial charge in [0, 0.05) is 35.6 Å². The summed E-state index contributed by atoms with van der Waals surface area (Å²) in [4.78, 5) is 38.0. The third kappa shape index (κ3) is 5.31. The molecule has 1 aromatic heterocycles. The summed E-state index contributed by atoms with van der Waals surface area (Å²) in [7, 11) is 3.80. The van der Waals surface area contributed by atoms with Crippen molar-refractivity contribution in [2.75, 3.05) is 50.1 Å². The molecule has 0 unspecified atom stereocenters. The maximum atomic E-state index is 16.7. The van der Waals surface area contributed by atoms with Crippen molar-refractivity contribution in [3.8, 4) is 22.8 Å². The molecule has 4 heterocycles. The van der Waals surface area contributed by atoms with Gasteiger partial charge in [0.2, 0.25) is 5.88 Å². The number of hydrogen-bond donors (Lipinski definition) is 1. The second-order valence-corrected chi connectivity index (χ2v) is 13.8. The van der Waals surface area contributed by atoms with Crippen LogP contribution in [0.3, 0.4) is 0 Å². The van der Waals surface area contributed by atoms with E-state index < -0.39 is 29.7 Å². The summed E-state index contributed by atoms with van der Waals surface area (Å²) >= 11 is 13.2. The van der Waals surface area contributed by atoms with Gasteiger partial charge in [0.1, 0.15) is 40.3 Å². The van der Waals surface area contributed by atoms with E-state index in [1.165, 1.54) is 12.1 Å². The Labute approximate surface area is 270 Å². The van der Waals surface area contributed by atoms with Gasteiger partial charge in [-0.05, 0) is 60.0 Å². The fourth-order valence-electron chi connectivity index (χ4n) is 6.43. The zero-order valence-electron chi connectivity index (χ0n) is 25.8. The van der Waals surface area contributed by atoms with Crippen LogP contribution in [0.25, 0.3) is 22.0 Å². The van der Waals surface area contributed by atoms with Crippen LogP contribution in [0.5, 0.6) is 11.6 Å². The number of benzene rings is 2. The van der Waals surface area contributed by atoms with Crippen LogP contribution in [0.1, 0.15) is 27.7 Å². The number of phenols is 1. The number of halogens is 3. The Morgan fingerprint density at radius 2 is 1.91 bits per heavy atom. The quantitative estimate of drug-likeness (QED) is 0.354.